The molecule has 4 aromatic carbocycles. The Kier molecular flexibility index (Phi) is 12.6. The zero-order chi connectivity index (χ0) is 36.5. The van der Waals surface area contributed by atoms with Crippen LogP contribution in [0.4, 0.5) is 11.4 Å². The van der Waals surface area contributed by atoms with Gasteiger partial charge in [0.25, 0.3) is 0 Å². The van der Waals surface area contributed by atoms with Crippen LogP contribution in [0.1, 0.15) is 48.0 Å². The minimum Gasteiger partial charge on any atom is -0.493 e. The number of aromatic hydroxyl groups is 2. The van der Waals surface area contributed by atoms with Gasteiger partial charge in [-0.1, -0.05) is 60.7 Å². The van der Waals surface area contributed by atoms with Gasteiger partial charge >= 0.3 is 17.9 Å². The summed E-state index contributed by atoms with van der Waals surface area (Å²) in [5.74, 6) is -3.31. The first kappa shape index (κ1) is 38.0. The van der Waals surface area contributed by atoms with Gasteiger partial charge in [0.15, 0.2) is 5.69 Å². The molecule has 2 heterocycles. The number of aromatic carboxylic acids is 2. The van der Waals surface area contributed by atoms with Crippen LogP contribution in [0.15, 0.2) is 119 Å². The topological polar surface area (TPSA) is 202 Å². The molecule has 0 spiro atoms. The number of carbonyl (C=O) groups is 3. The Morgan fingerprint density at radius 1 is 0.635 bits per heavy atom. The second-order valence-corrected chi connectivity index (χ2v) is 10.6. The summed E-state index contributed by atoms with van der Waals surface area (Å²) in [6.07, 6.45) is 2.62. The van der Waals surface area contributed by atoms with Crippen molar-refractivity contribution in [1.29, 1.82) is 0 Å². The van der Waals surface area contributed by atoms with Crippen LogP contribution in [0.25, 0.3) is 11.4 Å². The summed E-state index contributed by atoms with van der Waals surface area (Å²) in [5.41, 5.74) is 2.75. The fraction of sp³-hybridized carbons (Fsp3) is 0.0541. The van der Waals surface area contributed by atoms with Crippen LogP contribution in [-0.2, 0) is 21.5 Å². The summed E-state index contributed by atoms with van der Waals surface area (Å²) >= 11 is 0. The number of para-hydroxylation sites is 4. The van der Waals surface area contributed by atoms with E-state index in [4.69, 9.17) is 4.74 Å². The van der Waals surface area contributed by atoms with Crippen LogP contribution in [-0.4, -0.2) is 77.4 Å². The van der Waals surface area contributed by atoms with Crippen LogP contribution >= 0.6 is 0 Å². The molecular formula is C37H30CoN6O8. The molecule has 0 atom stereocenters. The molecule has 0 amide bonds. The number of aryl methyl sites for hydroxylation is 1. The molecule has 0 saturated carbocycles. The molecule has 0 aliphatic heterocycles. The third kappa shape index (κ3) is 8.47. The molecule has 0 bridgehead atoms. The van der Waals surface area contributed by atoms with E-state index in [2.05, 4.69) is 20.2 Å². The van der Waals surface area contributed by atoms with Crippen molar-refractivity contribution < 1.29 is 56.3 Å². The Balaban J connectivity index is 0.000000230. The molecule has 0 unspecified atom stereocenters. The van der Waals surface area contributed by atoms with E-state index in [1.807, 2.05) is 30.3 Å². The van der Waals surface area contributed by atoms with E-state index in [-0.39, 0.29) is 56.6 Å². The number of ether oxygens (including phenoxy) is 1. The standard InChI is InChI=1S/C19H15N3O5.C18H15N3O3.Co/c1-27-19(26)16-14(11-20-15-10-6-5-9-13(15)18(24)25)17(23)22(21-16)12-7-3-2-4-8-12;1-12-15(11-19-16-10-6-5-9-14(16)18(23)24)17(22)21(20-12)13-7-3-2-4-8-13;/h2-11,23H,1H3,(H,24,25);2-11,22H,1H3,(H,23,24);. The van der Waals surface area contributed by atoms with Crippen molar-refractivity contribution in [3.8, 4) is 23.1 Å². The van der Waals surface area contributed by atoms with Gasteiger partial charge in [0.1, 0.15) is 0 Å². The van der Waals surface area contributed by atoms with E-state index in [0.29, 0.717) is 22.6 Å². The number of carbonyl (C=O) groups excluding carboxylic acids is 1. The van der Waals surface area contributed by atoms with Crippen LogP contribution in [0.2, 0.25) is 0 Å². The van der Waals surface area contributed by atoms with E-state index in [1.165, 1.54) is 47.1 Å². The number of esters is 1. The van der Waals surface area contributed by atoms with Gasteiger partial charge in [-0.25, -0.2) is 19.1 Å². The number of aliphatic imine (C=N–C) groups is 2. The molecule has 14 nitrogen and oxygen atoms in total. The Morgan fingerprint density at radius 3 is 1.50 bits per heavy atom. The average molecular weight is 746 g/mol. The van der Waals surface area contributed by atoms with Gasteiger partial charge in [-0.15, -0.1) is 0 Å². The molecule has 4 N–H and O–H groups in total. The van der Waals surface area contributed by atoms with Crippen molar-refractivity contribution in [2.75, 3.05) is 7.11 Å². The summed E-state index contributed by atoms with van der Waals surface area (Å²) in [6, 6.07) is 30.5. The number of aromatic nitrogens is 4. The van der Waals surface area contributed by atoms with E-state index in [0.717, 1.165) is 5.69 Å². The summed E-state index contributed by atoms with van der Waals surface area (Å²) in [6.45, 7) is 1.75. The average Bonchev–Trinajstić information content (AvgIpc) is 3.64. The maximum absolute atomic E-state index is 12.1. The van der Waals surface area contributed by atoms with Gasteiger partial charge in [0, 0.05) is 29.2 Å². The maximum atomic E-state index is 12.1. The number of carboxylic acids is 2. The predicted octanol–water partition coefficient (Wildman–Crippen LogP) is 6.15. The van der Waals surface area contributed by atoms with Crippen molar-refractivity contribution in [2.24, 2.45) is 9.98 Å². The SMILES string of the molecule is COC(=O)c1nn(-c2ccccc2)c(O)c1C=Nc1ccccc1C(=O)O.Cc1nn(-c2ccccc2)c(O)c1C=Nc1ccccc1C(=O)O.[Co]. The van der Waals surface area contributed by atoms with Gasteiger partial charge in [-0.05, 0) is 55.5 Å². The molecule has 15 heteroatoms. The molecule has 1 radical (unpaired) electrons. The number of methoxy groups -OCH3 is 1. The molecule has 265 valence electrons. The quantitative estimate of drug-likeness (QED) is 0.0983. The fourth-order valence-electron chi connectivity index (χ4n) is 4.77. The zero-order valence-corrected chi connectivity index (χ0v) is 28.5. The van der Waals surface area contributed by atoms with Gasteiger partial charge in [-0.3, -0.25) is 9.98 Å². The summed E-state index contributed by atoms with van der Waals surface area (Å²) in [5, 5.41) is 47.8. The zero-order valence-electron chi connectivity index (χ0n) is 27.5. The van der Waals surface area contributed by atoms with Crippen molar-refractivity contribution in [3.63, 3.8) is 0 Å². The number of hydrogen-bond donors (Lipinski definition) is 4. The molecule has 6 rings (SSSR count). The Bertz CT molecular complexity index is 2270. The van der Waals surface area contributed by atoms with Crippen LogP contribution in [0, 0.1) is 6.92 Å². The first-order valence-electron chi connectivity index (χ1n) is 15.1. The minimum atomic E-state index is -1.14. The number of hydrogen-bond acceptors (Lipinski definition) is 10. The Labute approximate surface area is 306 Å². The van der Waals surface area contributed by atoms with Gasteiger partial charge in [-0.2, -0.15) is 14.9 Å². The normalized spacial score (nSPS) is 10.7. The third-order valence-electron chi connectivity index (χ3n) is 7.29. The number of benzene rings is 4. The third-order valence-corrected chi connectivity index (χ3v) is 7.29. The maximum Gasteiger partial charge on any atom is 0.359 e. The first-order valence-corrected chi connectivity index (χ1v) is 15.1. The minimum absolute atomic E-state index is 0. The fourth-order valence-corrected chi connectivity index (χ4v) is 4.77. The van der Waals surface area contributed by atoms with Crippen LogP contribution in [0.5, 0.6) is 11.8 Å². The van der Waals surface area contributed by atoms with Crippen molar-refractivity contribution in [3.05, 3.63) is 143 Å². The van der Waals surface area contributed by atoms with Gasteiger partial charge in [0.2, 0.25) is 11.8 Å². The van der Waals surface area contributed by atoms with Gasteiger partial charge < -0.3 is 25.2 Å². The molecule has 2 aromatic heterocycles. The van der Waals surface area contributed by atoms with Crippen molar-refractivity contribution in [1.82, 2.24) is 19.6 Å². The van der Waals surface area contributed by atoms with Crippen molar-refractivity contribution in [2.45, 2.75) is 6.92 Å². The molecular weight excluding hydrogens is 715 g/mol. The van der Waals surface area contributed by atoms with E-state index >= 15 is 0 Å². The van der Waals surface area contributed by atoms with Crippen LogP contribution in [0.3, 0.4) is 0 Å². The smallest absolute Gasteiger partial charge is 0.359 e. The van der Waals surface area contributed by atoms with Gasteiger partial charge in [0.05, 0.1) is 57.8 Å². The molecule has 0 fully saturated rings. The van der Waals surface area contributed by atoms with E-state index < -0.39 is 17.9 Å². The Morgan fingerprint density at radius 2 is 1.04 bits per heavy atom. The molecule has 0 aliphatic carbocycles. The largest absolute Gasteiger partial charge is 0.493 e. The number of carboxylic acid groups (broad SMARTS) is 2. The second kappa shape index (κ2) is 17.2. The second-order valence-electron chi connectivity index (χ2n) is 10.6. The first-order chi connectivity index (χ1) is 24.6. The number of rotatable bonds is 9. The molecule has 52 heavy (non-hydrogen) atoms. The van der Waals surface area contributed by atoms with Crippen molar-refractivity contribution >= 4 is 41.7 Å². The summed E-state index contributed by atoms with van der Waals surface area (Å²) in [7, 11) is 1.20. The Hall–Kier alpha value is -6.84. The summed E-state index contributed by atoms with van der Waals surface area (Å²) in [4.78, 5) is 42.9. The van der Waals surface area contributed by atoms with E-state index in [9.17, 15) is 34.8 Å². The monoisotopic (exact) mass is 745 g/mol. The molecule has 0 saturated heterocycles. The predicted molar refractivity (Wildman–Crippen MR) is 188 cm³/mol. The summed E-state index contributed by atoms with van der Waals surface area (Å²) < 4.78 is 7.31. The molecule has 0 aliphatic rings. The van der Waals surface area contributed by atoms with E-state index in [1.54, 1.807) is 67.6 Å². The molecule has 6 aromatic rings. The number of nitrogens with zero attached hydrogens (tertiary/aromatic N) is 6. The van der Waals surface area contributed by atoms with Crippen LogP contribution < -0.4 is 0 Å².